The van der Waals surface area contributed by atoms with Crippen molar-refractivity contribution in [2.24, 2.45) is 5.41 Å². The molecule has 3 heteroatoms. The van der Waals surface area contributed by atoms with Gasteiger partial charge in [0.05, 0.1) is 11.2 Å². The van der Waals surface area contributed by atoms with Crippen molar-refractivity contribution < 1.29 is 0 Å². The Labute approximate surface area is 108 Å². The SMILES string of the molecule is CC1(C)CCN(c2ccc(N)c3cccnc23)C1. The predicted molar refractivity (Wildman–Crippen MR) is 76.8 cm³/mol. The fourth-order valence-electron chi connectivity index (χ4n) is 2.75. The number of hydrogen-bond acceptors (Lipinski definition) is 3. The van der Waals surface area contributed by atoms with Crippen molar-refractivity contribution in [2.45, 2.75) is 20.3 Å². The largest absolute Gasteiger partial charge is 0.398 e. The molecule has 1 aliphatic heterocycles. The highest BCUT2D eigenvalue weighted by Gasteiger charge is 2.30. The first-order valence-corrected chi connectivity index (χ1v) is 6.45. The molecule has 2 heterocycles. The molecule has 2 N–H and O–H groups in total. The van der Waals surface area contributed by atoms with Crippen molar-refractivity contribution in [2.75, 3.05) is 23.7 Å². The van der Waals surface area contributed by atoms with Crippen LogP contribution < -0.4 is 10.6 Å². The van der Waals surface area contributed by atoms with Crippen LogP contribution >= 0.6 is 0 Å². The minimum absolute atomic E-state index is 0.391. The van der Waals surface area contributed by atoms with Crippen LogP contribution in [-0.2, 0) is 0 Å². The average molecular weight is 241 g/mol. The normalized spacial score (nSPS) is 18.4. The van der Waals surface area contributed by atoms with Crippen LogP contribution in [0.25, 0.3) is 10.9 Å². The Balaban J connectivity index is 2.11. The zero-order valence-electron chi connectivity index (χ0n) is 11.0. The van der Waals surface area contributed by atoms with Crippen LogP contribution in [-0.4, -0.2) is 18.1 Å². The van der Waals surface area contributed by atoms with E-state index in [0.717, 1.165) is 29.7 Å². The molecule has 0 radical (unpaired) electrons. The number of nitrogens with zero attached hydrogens (tertiary/aromatic N) is 2. The number of benzene rings is 1. The van der Waals surface area contributed by atoms with Crippen LogP contribution in [0, 0.1) is 5.41 Å². The van der Waals surface area contributed by atoms with Gasteiger partial charge in [0.1, 0.15) is 0 Å². The Morgan fingerprint density at radius 1 is 1.28 bits per heavy atom. The van der Waals surface area contributed by atoms with Gasteiger partial charge in [0.15, 0.2) is 0 Å². The third-order valence-electron chi connectivity index (χ3n) is 3.80. The lowest BCUT2D eigenvalue weighted by molar-refractivity contribution is 0.418. The van der Waals surface area contributed by atoms with Crippen LogP contribution in [0.1, 0.15) is 20.3 Å². The van der Waals surface area contributed by atoms with Crippen LogP contribution in [0.3, 0.4) is 0 Å². The second kappa shape index (κ2) is 3.87. The van der Waals surface area contributed by atoms with E-state index in [1.165, 1.54) is 12.1 Å². The molecule has 0 bridgehead atoms. The fraction of sp³-hybridized carbons (Fsp3) is 0.400. The fourth-order valence-corrected chi connectivity index (χ4v) is 2.75. The van der Waals surface area contributed by atoms with Crippen LogP contribution in [0.5, 0.6) is 0 Å². The van der Waals surface area contributed by atoms with Gasteiger partial charge in [-0.25, -0.2) is 0 Å². The summed E-state index contributed by atoms with van der Waals surface area (Å²) in [6, 6.07) is 8.08. The quantitative estimate of drug-likeness (QED) is 0.780. The number of pyridine rings is 1. The minimum Gasteiger partial charge on any atom is -0.398 e. The first-order valence-electron chi connectivity index (χ1n) is 6.45. The Kier molecular flexibility index (Phi) is 2.44. The van der Waals surface area contributed by atoms with Crippen LogP contribution in [0.15, 0.2) is 30.5 Å². The summed E-state index contributed by atoms with van der Waals surface area (Å²) in [5.41, 5.74) is 9.45. The van der Waals surface area contributed by atoms with E-state index in [-0.39, 0.29) is 0 Å². The summed E-state index contributed by atoms with van der Waals surface area (Å²) in [5, 5.41) is 1.06. The number of nitrogens with two attached hydrogens (primary N) is 1. The molecule has 3 nitrogen and oxygen atoms in total. The summed E-state index contributed by atoms with van der Waals surface area (Å²) in [6.45, 7) is 6.82. The molecule has 0 unspecified atom stereocenters. The van der Waals surface area contributed by atoms with Gasteiger partial charge in [-0.15, -0.1) is 0 Å². The number of anilines is 2. The Morgan fingerprint density at radius 2 is 2.11 bits per heavy atom. The Morgan fingerprint density at radius 3 is 2.83 bits per heavy atom. The second-order valence-corrected chi connectivity index (χ2v) is 5.91. The van der Waals surface area contributed by atoms with E-state index in [0.29, 0.717) is 5.41 Å². The zero-order chi connectivity index (χ0) is 12.8. The van der Waals surface area contributed by atoms with Gasteiger partial charge in [-0.05, 0) is 36.1 Å². The van der Waals surface area contributed by atoms with Gasteiger partial charge in [0, 0.05) is 30.4 Å². The molecule has 0 amide bonds. The Hall–Kier alpha value is -1.77. The molecule has 1 fully saturated rings. The summed E-state index contributed by atoms with van der Waals surface area (Å²) < 4.78 is 0. The van der Waals surface area contributed by atoms with E-state index in [1.54, 1.807) is 0 Å². The number of hydrogen-bond donors (Lipinski definition) is 1. The number of rotatable bonds is 1. The lowest BCUT2D eigenvalue weighted by Gasteiger charge is -2.23. The molecule has 1 aromatic carbocycles. The molecule has 2 aromatic rings. The van der Waals surface area contributed by atoms with Crippen LogP contribution in [0.2, 0.25) is 0 Å². The molecule has 0 atom stereocenters. The van der Waals surface area contributed by atoms with E-state index in [2.05, 4.69) is 29.8 Å². The van der Waals surface area contributed by atoms with Gasteiger partial charge >= 0.3 is 0 Å². The number of aromatic nitrogens is 1. The lowest BCUT2D eigenvalue weighted by atomic mass is 9.93. The van der Waals surface area contributed by atoms with Gasteiger partial charge < -0.3 is 10.6 Å². The lowest BCUT2D eigenvalue weighted by Crippen LogP contribution is -2.23. The molecule has 0 aliphatic carbocycles. The molecular formula is C15H19N3. The zero-order valence-corrected chi connectivity index (χ0v) is 11.0. The maximum atomic E-state index is 6.02. The van der Waals surface area contributed by atoms with Gasteiger partial charge in [0.2, 0.25) is 0 Å². The number of nitrogen functional groups attached to an aromatic ring is 1. The minimum atomic E-state index is 0.391. The van der Waals surface area contributed by atoms with Crippen molar-refractivity contribution in [3.8, 4) is 0 Å². The van der Waals surface area contributed by atoms with E-state index >= 15 is 0 Å². The van der Waals surface area contributed by atoms with Gasteiger partial charge in [-0.1, -0.05) is 13.8 Å². The van der Waals surface area contributed by atoms with Crippen molar-refractivity contribution in [3.63, 3.8) is 0 Å². The predicted octanol–water partition coefficient (Wildman–Crippen LogP) is 3.05. The maximum Gasteiger partial charge on any atom is 0.0955 e. The second-order valence-electron chi connectivity index (χ2n) is 5.91. The molecule has 3 rings (SSSR count). The van der Waals surface area contributed by atoms with Crippen molar-refractivity contribution in [1.82, 2.24) is 4.98 Å². The monoisotopic (exact) mass is 241 g/mol. The molecule has 1 aliphatic rings. The molecule has 1 aromatic heterocycles. The molecule has 94 valence electrons. The standard InChI is InChI=1S/C15H19N3/c1-15(2)7-9-18(10-15)13-6-5-12(16)11-4-3-8-17-14(11)13/h3-6,8H,7,9-10,16H2,1-2H3. The Bertz CT molecular complexity index is 589. The molecular weight excluding hydrogens is 222 g/mol. The molecule has 1 saturated heterocycles. The maximum absolute atomic E-state index is 6.02. The van der Waals surface area contributed by atoms with E-state index < -0.39 is 0 Å². The van der Waals surface area contributed by atoms with Crippen LogP contribution in [0.4, 0.5) is 11.4 Å². The summed E-state index contributed by atoms with van der Waals surface area (Å²) in [5.74, 6) is 0. The molecule has 0 saturated carbocycles. The summed E-state index contributed by atoms with van der Waals surface area (Å²) in [7, 11) is 0. The van der Waals surface area contributed by atoms with Gasteiger partial charge in [-0.3, -0.25) is 4.98 Å². The van der Waals surface area contributed by atoms with E-state index in [1.807, 2.05) is 24.4 Å². The third kappa shape index (κ3) is 1.80. The summed E-state index contributed by atoms with van der Waals surface area (Å²) in [6.07, 6.45) is 3.07. The van der Waals surface area contributed by atoms with Gasteiger partial charge in [-0.2, -0.15) is 0 Å². The highest BCUT2D eigenvalue weighted by molar-refractivity contribution is 5.98. The highest BCUT2D eigenvalue weighted by atomic mass is 15.2. The molecule has 18 heavy (non-hydrogen) atoms. The average Bonchev–Trinajstić information content (AvgIpc) is 2.70. The van der Waals surface area contributed by atoms with Crippen molar-refractivity contribution >= 4 is 22.3 Å². The van der Waals surface area contributed by atoms with Crippen molar-refractivity contribution in [1.29, 1.82) is 0 Å². The van der Waals surface area contributed by atoms with Crippen molar-refractivity contribution in [3.05, 3.63) is 30.5 Å². The summed E-state index contributed by atoms with van der Waals surface area (Å²) in [4.78, 5) is 6.94. The first kappa shape index (κ1) is 11.3. The van der Waals surface area contributed by atoms with E-state index in [4.69, 9.17) is 5.73 Å². The smallest absolute Gasteiger partial charge is 0.0955 e. The third-order valence-corrected chi connectivity index (χ3v) is 3.80. The first-order chi connectivity index (χ1) is 8.57. The van der Waals surface area contributed by atoms with Gasteiger partial charge in [0.25, 0.3) is 0 Å². The molecule has 0 spiro atoms. The topological polar surface area (TPSA) is 42.1 Å². The summed E-state index contributed by atoms with van der Waals surface area (Å²) >= 11 is 0. The van der Waals surface area contributed by atoms with E-state index in [9.17, 15) is 0 Å². The number of fused-ring (bicyclic) bond motifs is 1. The highest BCUT2D eigenvalue weighted by Crippen LogP contribution is 2.36.